The smallest absolute Gasteiger partial charge is 0.285 e. The van der Waals surface area contributed by atoms with Gasteiger partial charge in [-0.2, -0.15) is 17.5 Å². The molecule has 0 heterocycles. The molecule has 8 heavy (non-hydrogen) atoms. The van der Waals surface area contributed by atoms with E-state index in [1.165, 1.54) is 0 Å². The number of nitrogens with two attached hydrogens (primary N) is 1. The predicted molar refractivity (Wildman–Crippen MR) is 36.3 cm³/mol. The lowest BCUT2D eigenvalue weighted by atomic mass is 10.5. The molecule has 0 aliphatic carbocycles. The van der Waals surface area contributed by atoms with Crippen molar-refractivity contribution in [1.82, 2.24) is 0 Å². The summed E-state index contributed by atoms with van der Waals surface area (Å²) in [4.78, 5) is 8.30. The molecule has 2 atom stereocenters. The molecule has 0 aliphatic rings. The highest BCUT2D eigenvalue weighted by Gasteiger charge is 2.21. The standard InChI is InChI=1S/C3H8NO2PS/c4-3(1-2-8)7(5)6/h3H,1-2,4H2,(H-,5,6,8)/p+1. The molecule has 48 valence electrons. The van der Waals surface area contributed by atoms with Crippen LogP contribution >= 0.6 is 20.7 Å². The third-order valence-electron chi connectivity index (χ3n) is 0.709. The van der Waals surface area contributed by atoms with Gasteiger partial charge in [-0.25, -0.2) is 0 Å². The number of hydrogen-bond donors (Lipinski definition) is 3. The third-order valence-corrected chi connectivity index (χ3v) is 1.79. The first kappa shape index (κ1) is 8.37. The summed E-state index contributed by atoms with van der Waals surface area (Å²) >= 11 is 3.83. The Hall–Kier alpha value is 0.370. The quantitative estimate of drug-likeness (QED) is 0.405. The second-order valence-corrected chi connectivity index (χ2v) is 3.10. The molecular formula is C3H9NO2PS+. The molecule has 3 nitrogen and oxygen atoms in total. The molecule has 5 heteroatoms. The molecule has 0 fully saturated rings. The summed E-state index contributed by atoms with van der Waals surface area (Å²) in [5, 5.41) is 0. The minimum absolute atomic E-state index is 0.495. The summed E-state index contributed by atoms with van der Waals surface area (Å²) in [6.45, 7) is 0. The summed E-state index contributed by atoms with van der Waals surface area (Å²) in [6.07, 6.45) is 0.495. The van der Waals surface area contributed by atoms with E-state index in [2.05, 4.69) is 12.6 Å². The van der Waals surface area contributed by atoms with Crippen molar-refractivity contribution in [3.63, 3.8) is 0 Å². The van der Waals surface area contributed by atoms with Crippen LogP contribution in [0.2, 0.25) is 0 Å². The van der Waals surface area contributed by atoms with Crippen LogP contribution in [-0.4, -0.2) is 16.4 Å². The molecule has 0 aliphatic heterocycles. The molecule has 3 N–H and O–H groups in total. The van der Waals surface area contributed by atoms with E-state index in [4.69, 9.17) is 10.6 Å². The molecule has 0 aromatic rings. The summed E-state index contributed by atoms with van der Waals surface area (Å²) in [5.74, 6) is -0.0366. The van der Waals surface area contributed by atoms with Crippen molar-refractivity contribution in [2.45, 2.75) is 12.2 Å². The maximum absolute atomic E-state index is 10.1. The van der Waals surface area contributed by atoms with Gasteiger partial charge in [0.05, 0.1) is 0 Å². The highest BCUT2D eigenvalue weighted by Crippen LogP contribution is 2.19. The maximum atomic E-state index is 10.1. The zero-order valence-corrected chi connectivity index (χ0v) is 6.11. The SMILES string of the molecule is NC(CCS)[P+](=O)O. The molecule has 0 spiro atoms. The summed E-state index contributed by atoms with van der Waals surface area (Å²) in [6, 6.07) is 0. The minimum atomic E-state index is -2.19. The Balaban J connectivity index is 3.32. The summed E-state index contributed by atoms with van der Waals surface area (Å²) in [7, 11) is -2.19. The van der Waals surface area contributed by atoms with Crippen molar-refractivity contribution in [2.75, 3.05) is 5.75 Å². The largest absolute Gasteiger partial charge is 0.524 e. The number of thiol groups is 1. The van der Waals surface area contributed by atoms with Gasteiger partial charge >= 0.3 is 8.03 Å². The zero-order chi connectivity index (χ0) is 6.57. The van der Waals surface area contributed by atoms with E-state index in [0.29, 0.717) is 12.2 Å². The lowest BCUT2D eigenvalue weighted by molar-refractivity contribution is 0.488. The van der Waals surface area contributed by atoms with Gasteiger partial charge in [0.25, 0.3) is 0 Å². The molecular weight excluding hydrogens is 145 g/mol. The summed E-state index contributed by atoms with van der Waals surface area (Å²) < 4.78 is 10.1. The fourth-order valence-corrected chi connectivity index (χ4v) is 1.07. The van der Waals surface area contributed by atoms with Gasteiger partial charge in [-0.15, -0.1) is 0 Å². The second kappa shape index (κ2) is 4.27. The molecule has 0 aromatic heterocycles. The fraction of sp³-hybridized carbons (Fsp3) is 1.00. The molecule has 0 rings (SSSR count). The first-order valence-corrected chi connectivity index (χ1v) is 4.11. The lowest BCUT2D eigenvalue weighted by Crippen LogP contribution is -2.14. The Morgan fingerprint density at radius 2 is 2.38 bits per heavy atom. The molecule has 0 amide bonds. The van der Waals surface area contributed by atoms with Crippen LogP contribution in [-0.2, 0) is 4.57 Å². The molecule has 0 saturated carbocycles. The van der Waals surface area contributed by atoms with Crippen molar-refractivity contribution in [3.05, 3.63) is 0 Å². The van der Waals surface area contributed by atoms with Crippen LogP contribution in [0.25, 0.3) is 0 Å². The van der Waals surface area contributed by atoms with Gasteiger partial charge in [-0.05, 0) is 10.3 Å². The van der Waals surface area contributed by atoms with Crippen LogP contribution in [0.1, 0.15) is 6.42 Å². The lowest BCUT2D eigenvalue weighted by Gasteiger charge is -1.89. The van der Waals surface area contributed by atoms with Crippen molar-refractivity contribution >= 4 is 20.7 Å². The van der Waals surface area contributed by atoms with Gasteiger partial charge in [0.2, 0.25) is 5.78 Å². The Kier molecular flexibility index (Phi) is 4.47. The predicted octanol–water partition coefficient (Wildman–Crippen LogP) is 0.326. The molecule has 0 aromatic carbocycles. The number of rotatable bonds is 3. The van der Waals surface area contributed by atoms with E-state index in [1.807, 2.05) is 0 Å². The van der Waals surface area contributed by atoms with Crippen LogP contribution in [0.15, 0.2) is 0 Å². The topological polar surface area (TPSA) is 63.3 Å². The average molecular weight is 154 g/mol. The Morgan fingerprint density at radius 3 is 2.50 bits per heavy atom. The van der Waals surface area contributed by atoms with Crippen molar-refractivity contribution in [1.29, 1.82) is 0 Å². The van der Waals surface area contributed by atoms with Crippen LogP contribution in [0.5, 0.6) is 0 Å². The van der Waals surface area contributed by atoms with E-state index in [1.54, 1.807) is 0 Å². The van der Waals surface area contributed by atoms with Gasteiger partial charge in [0, 0.05) is 6.42 Å². The summed E-state index contributed by atoms with van der Waals surface area (Å²) in [5.41, 5.74) is 5.14. The number of hydrogen-bond acceptors (Lipinski definition) is 3. The Labute approximate surface area is 54.5 Å². The minimum Gasteiger partial charge on any atom is -0.285 e. The average Bonchev–Trinajstić information content (AvgIpc) is 1.67. The second-order valence-electron chi connectivity index (χ2n) is 1.38. The van der Waals surface area contributed by atoms with E-state index in [0.717, 1.165) is 0 Å². The van der Waals surface area contributed by atoms with E-state index in [-0.39, 0.29) is 0 Å². The van der Waals surface area contributed by atoms with Crippen LogP contribution in [0.3, 0.4) is 0 Å². The van der Waals surface area contributed by atoms with Crippen LogP contribution < -0.4 is 5.73 Å². The van der Waals surface area contributed by atoms with Crippen molar-refractivity contribution in [3.8, 4) is 0 Å². The third kappa shape index (κ3) is 3.38. The monoisotopic (exact) mass is 154 g/mol. The maximum Gasteiger partial charge on any atom is 0.524 e. The van der Waals surface area contributed by atoms with Crippen LogP contribution in [0.4, 0.5) is 0 Å². The van der Waals surface area contributed by atoms with E-state index in [9.17, 15) is 4.57 Å². The van der Waals surface area contributed by atoms with Crippen molar-refractivity contribution < 1.29 is 9.46 Å². The molecule has 2 unspecified atom stereocenters. The van der Waals surface area contributed by atoms with Gasteiger partial charge in [-0.1, -0.05) is 0 Å². The molecule has 0 bridgehead atoms. The van der Waals surface area contributed by atoms with E-state index < -0.39 is 13.8 Å². The highest BCUT2D eigenvalue weighted by atomic mass is 32.1. The van der Waals surface area contributed by atoms with Crippen LogP contribution in [0, 0.1) is 0 Å². The van der Waals surface area contributed by atoms with Gasteiger partial charge in [0.15, 0.2) is 0 Å². The molecule has 0 saturated heterocycles. The first-order valence-electron chi connectivity index (χ1n) is 2.20. The highest BCUT2D eigenvalue weighted by molar-refractivity contribution is 7.80. The van der Waals surface area contributed by atoms with Gasteiger partial charge in [0.1, 0.15) is 0 Å². The zero-order valence-electron chi connectivity index (χ0n) is 4.32. The Bertz CT molecular complexity index is 89.4. The van der Waals surface area contributed by atoms with Gasteiger partial charge < -0.3 is 0 Å². The van der Waals surface area contributed by atoms with Crippen molar-refractivity contribution in [2.24, 2.45) is 5.73 Å². The first-order chi connectivity index (χ1) is 3.68. The molecule has 0 radical (unpaired) electrons. The normalized spacial score (nSPS) is 15.6. The Morgan fingerprint density at radius 1 is 1.88 bits per heavy atom. The van der Waals surface area contributed by atoms with E-state index >= 15 is 0 Å². The van der Waals surface area contributed by atoms with Gasteiger partial charge in [-0.3, -0.25) is 5.73 Å². The fourth-order valence-electron chi connectivity index (χ4n) is 0.243.